The molecule has 1 unspecified atom stereocenters. The Bertz CT molecular complexity index is 485. The Morgan fingerprint density at radius 1 is 0.885 bits per heavy atom. The van der Waals surface area contributed by atoms with E-state index in [-0.39, 0.29) is 0 Å². The Morgan fingerprint density at radius 2 is 1.50 bits per heavy atom. The van der Waals surface area contributed by atoms with E-state index >= 15 is 0 Å². The predicted octanol–water partition coefficient (Wildman–Crippen LogP) is 6.54. The van der Waals surface area contributed by atoms with Crippen molar-refractivity contribution in [2.75, 3.05) is 6.54 Å². The van der Waals surface area contributed by atoms with Gasteiger partial charge in [-0.15, -0.1) is 0 Å². The number of rotatable bonds is 14. The number of hydrogen-bond donors (Lipinski definition) is 2. The number of hydrogen-bond acceptors (Lipinski definition) is 2. The van der Waals surface area contributed by atoms with Crippen molar-refractivity contribution in [1.82, 2.24) is 5.32 Å². The van der Waals surface area contributed by atoms with Crippen molar-refractivity contribution in [3.05, 3.63) is 29.3 Å². The number of benzene rings is 1. The summed E-state index contributed by atoms with van der Waals surface area (Å²) in [6, 6.07) is 6.56. The summed E-state index contributed by atoms with van der Waals surface area (Å²) >= 11 is 0. The van der Waals surface area contributed by atoms with Crippen LogP contribution in [0.25, 0.3) is 0 Å². The highest BCUT2D eigenvalue weighted by Gasteiger charge is 2.19. The quantitative estimate of drug-likeness (QED) is 0.370. The third-order valence-corrected chi connectivity index (χ3v) is 5.92. The average Bonchev–Trinajstić information content (AvgIpc) is 2.65. The van der Waals surface area contributed by atoms with Gasteiger partial charge in [0, 0.05) is 6.04 Å². The van der Waals surface area contributed by atoms with Crippen LogP contribution in [0.2, 0.25) is 0 Å². The largest absolute Gasteiger partial charge is 0.508 e. The van der Waals surface area contributed by atoms with E-state index in [1.165, 1.54) is 88.2 Å². The summed E-state index contributed by atoms with van der Waals surface area (Å²) in [4.78, 5) is 0. The maximum atomic E-state index is 9.92. The molecule has 1 aromatic rings. The number of fused-ring (bicyclic) bond motifs is 1. The van der Waals surface area contributed by atoms with Crippen molar-refractivity contribution in [1.29, 1.82) is 0 Å². The van der Waals surface area contributed by atoms with Crippen LogP contribution in [0.5, 0.6) is 5.75 Å². The van der Waals surface area contributed by atoms with Gasteiger partial charge in [-0.25, -0.2) is 0 Å². The lowest BCUT2D eigenvalue weighted by atomic mass is 9.87. The van der Waals surface area contributed by atoms with Crippen LogP contribution in [0, 0.1) is 0 Å². The average molecular weight is 360 g/mol. The summed E-state index contributed by atoms with van der Waals surface area (Å²) in [5, 5.41) is 13.7. The minimum atomic E-state index is 0.488. The first-order valence-electron chi connectivity index (χ1n) is 11.3. The third-order valence-electron chi connectivity index (χ3n) is 5.92. The zero-order chi connectivity index (χ0) is 18.5. The Balaban J connectivity index is 1.40. The minimum absolute atomic E-state index is 0.488. The third kappa shape index (κ3) is 8.12. The van der Waals surface area contributed by atoms with Crippen LogP contribution in [-0.4, -0.2) is 17.7 Å². The van der Waals surface area contributed by atoms with Gasteiger partial charge in [0.2, 0.25) is 0 Å². The molecule has 0 aliphatic heterocycles. The Hall–Kier alpha value is -1.02. The molecule has 0 aromatic heterocycles. The fourth-order valence-corrected chi connectivity index (χ4v) is 4.23. The smallest absolute Gasteiger partial charge is 0.119 e. The van der Waals surface area contributed by atoms with E-state index in [1.54, 1.807) is 0 Å². The van der Waals surface area contributed by atoms with Crippen molar-refractivity contribution in [2.45, 2.75) is 109 Å². The number of phenols is 1. The van der Waals surface area contributed by atoms with Gasteiger partial charge in [-0.3, -0.25) is 0 Å². The summed E-state index contributed by atoms with van der Waals surface area (Å²) < 4.78 is 0. The van der Waals surface area contributed by atoms with Gasteiger partial charge in [-0.05, 0) is 49.4 Å². The number of aromatic hydroxyl groups is 1. The molecular weight excluding hydrogens is 318 g/mol. The molecule has 1 aromatic carbocycles. The molecule has 148 valence electrons. The summed E-state index contributed by atoms with van der Waals surface area (Å²) in [6.45, 7) is 3.44. The molecule has 0 saturated carbocycles. The lowest BCUT2D eigenvalue weighted by molar-refractivity contribution is 0.426. The molecule has 1 aliphatic carbocycles. The molecule has 2 heteroatoms. The molecule has 0 amide bonds. The second-order valence-electron chi connectivity index (χ2n) is 8.20. The molecule has 0 fully saturated rings. The van der Waals surface area contributed by atoms with Crippen molar-refractivity contribution in [2.24, 2.45) is 0 Å². The molecule has 2 nitrogen and oxygen atoms in total. The van der Waals surface area contributed by atoms with E-state index in [2.05, 4.69) is 18.3 Å². The van der Waals surface area contributed by atoms with E-state index in [9.17, 15) is 5.11 Å². The number of phenolic OH excluding ortho intramolecular Hbond substituents is 1. The maximum absolute atomic E-state index is 9.92. The molecule has 0 radical (unpaired) electrons. The SMILES string of the molecule is CCCCCCCCCCCCCCNC1CCc2c(O)cccc2C1. The normalized spacial score (nSPS) is 16.6. The summed E-state index contributed by atoms with van der Waals surface area (Å²) in [6.07, 6.45) is 20.2. The number of nitrogens with one attached hydrogen (secondary N) is 1. The molecule has 2 N–H and O–H groups in total. The molecule has 1 atom stereocenters. The molecule has 0 spiro atoms. The van der Waals surface area contributed by atoms with E-state index in [0.29, 0.717) is 11.8 Å². The summed E-state index contributed by atoms with van der Waals surface area (Å²) in [5.74, 6) is 0.488. The second kappa shape index (κ2) is 13.2. The van der Waals surface area contributed by atoms with Gasteiger partial charge in [0.15, 0.2) is 0 Å². The van der Waals surface area contributed by atoms with Crippen LogP contribution < -0.4 is 5.32 Å². The molecule has 0 bridgehead atoms. The van der Waals surface area contributed by atoms with E-state index in [1.807, 2.05) is 12.1 Å². The monoisotopic (exact) mass is 359 g/mol. The molecule has 1 aliphatic rings. The Labute approximate surface area is 161 Å². The highest BCUT2D eigenvalue weighted by Crippen LogP contribution is 2.28. The molecular formula is C24H41NO. The predicted molar refractivity (Wildman–Crippen MR) is 113 cm³/mol. The first-order chi connectivity index (χ1) is 12.8. The van der Waals surface area contributed by atoms with Crippen molar-refractivity contribution >= 4 is 0 Å². The fourth-order valence-electron chi connectivity index (χ4n) is 4.23. The Morgan fingerprint density at radius 3 is 2.15 bits per heavy atom. The summed E-state index contributed by atoms with van der Waals surface area (Å²) in [5.41, 5.74) is 2.51. The highest BCUT2D eigenvalue weighted by molar-refractivity contribution is 5.41. The van der Waals surface area contributed by atoms with Crippen LogP contribution in [0.15, 0.2) is 18.2 Å². The zero-order valence-electron chi connectivity index (χ0n) is 17.1. The first-order valence-corrected chi connectivity index (χ1v) is 11.3. The lowest BCUT2D eigenvalue weighted by Gasteiger charge is -2.26. The van der Waals surface area contributed by atoms with Crippen LogP contribution >= 0.6 is 0 Å². The highest BCUT2D eigenvalue weighted by atomic mass is 16.3. The topological polar surface area (TPSA) is 32.3 Å². The number of unbranched alkanes of at least 4 members (excludes halogenated alkanes) is 11. The van der Waals surface area contributed by atoms with E-state index in [4.69, 9.17) is 0 Å². The molecule has 0 saturated heterocycles. The van der Waals surface area contributed by atoms with Crippen LogP contribution in [-0.2, 0) is 12.8 Å². The second-order valence-corrected chi connectivity index (χ2v) is 8.20. The van der Waals surface area contributed by atoms with Gasteiger partial charge in [-0.1, -0.05) is 89.7 Å². The van der Waals surface area contributed by atoms with Crippen molar-refractivity contribution in [3.63, 3.8) is 0 Å². The van der Waals surface area contributed by atoms with Crippen LogP contribution in [0.4, 0.5) is 0 Å². The molecule has 26 heavy (non-hydrogen) atoms. The van der Waals surface area contributed by atoms with Crippen LogP contribution in [0.3, 0.4) is 0 Å². The minimum Gasteiger partial charge on any atom is -0.508 e. The molecule has 2 rings (SSSR count). The first kappa shape index (κ1) is 21.3. The van der Waals surface area contributed by atoms with E-state index < -0.39 is 0 Å². The van der Waals surface area contributed by atoms with Gasteiger partial charge < -0.3 is 10.4 Å². The Kier molecular flexibility index (Phi) is 10.8. The van der Waals surface area contributed by atoms with Gasteiger partial charge in [0.25, 0.3) is 0 Å². The van der Waals surface area contributed by atoms with Crippen LogP contribution in [0.1, 0.15) is 102 Å². The standard InChI is InChI=1S/C24H41NO/c1-2-3-4-5-6-7-8-9-10-11-12-13-19-25-22-17-18-23-21(20-22)15-14-16-24(23)26/h14-16,22,25-26H,2-13,17-20H2,1H3. The van der Waals surface area contributed by atoms with Crippen molar-refractivity contribution in [3.8, 4) is 5.75 Å². The van der Waals surface area contributed by atoms with Gasteiger partial charge in [0.05, 0.1) is 0 Å². The van der Waals surface area contributed by atoms with E-state index in [0.717, 1.165) is 25.8 Å². The lowest BCUT2D eigenvalue weighted by Crippen LogP contribution is -2.35. The maximum Gasteiger partial charge on any atom is 0.119 e. The fraction of sp³-hybridized carbons (Fsp3) is 0.750. The van der Waals surface area contributed by atoms with Gasteiger partial charge in [-0.2, -0.15) is 0 Å². The summed E-state index contributed by atoms with van der Waals surface area (Å²) in [7, 11) is 0. The van der Waals surface area contributed by atoms with Crippen molar-refractivity contribution < 1.29 is 5.11 Å². The van der Waals surface area contributed by atoms with Gasteiger partial charge in [0.1, 0.15) is 5.75 Å². The molecule has 0 heterocycles. The zero-order valence-corrected chi connectivity index (χ0v) is 17.1. The van der Waals surface area contributed by atoms with Gasteiger partial charge >= 0.3 is 0 Å².